The minimum absolute atomic E-state index is 0.540. The molecule has 2 heterocycles. The Morgan fingerprint density at radius 1 is 1.39 bits per heavy atom. The van der Waals surface area contributed by atoms with Crippen LogP contribution >= 0.6 is 11.6 Å². The molecule has 18 heavy (non-hydrogen) atoms. The van der Waals surface area contributed by atoms with Gasteiger partial charge in [0.15, 0.2) is 5.65 Å². The zero-order valence-electron chi connectivity index (χ0n) is 10.3. The Hall–Kier alpha value is -1.29. The first kappa shape index (κ1) is 11.8. The van der Waals surface area contributed by atoms with Crippen molar-refractivity contribution in [3.63, 3.8) is 0 Å². The van der Waals surface area contributed by atoms with E-state index in [-0.39, 0.29) is 0 Å². The van der Waals surface area contributed by atoms with Gasteiger partial charge in [0.1, 0.15) is 5.52 Å². The molecule has 0 bridgehead atoms. The minimum atomic E-state index is 0.540. The van der Waals surface area contributed by atoms with Gasteiger partial charge in [0.05, 0.1) is 5.02 Å². The molecule has 0 amide bonds. The van der Waals surface area contributed by atoms with Crippen LogP contribution in [-0.4, -0.2) is 14.5 Å². The molecule has 1 saturated carbocycles. The fourth-order valence-corrected chi connectivity index (χ4v) is 2.99. The summed E-state index contributed by atoms with van der Waals surface area (Å²) in [7, 11) is 0. The van der Waals surface area contributed by atoms with Crippen molar-refractivity contribution < 1.29 is 0 Å². The summed E-state index contributed by atoms with van der Waals surface area (Å²) >= 11 is 5.91. The summed E-state index contributed by atoms with van der Waals surface area (Å²) in [4.78, 5) is 8.65. The Kier molecular flexibility index (Phi) is 3.12. The number of imidazole rings is 1. The molecule has 0 aromatic carbocycles. The van der Waals surface area contributed by atoms with Crippen LogP contribution in [0, 0.1) is 5.92 Å². The number of hydrogen-bond donors (Lipinski definition) is 1. The SMILES string of the molecule is Nc1nc2cc(Cl)cnc2n1CCC1CCCC1. The van der Waals surface area contributed by atoms with E-state index >= 15 is 0 Å². The molecule has 1 aliphatic rings. The van der Waals surface area contributed by atoms with Crippen LogP contribution in [-0.2, 0) is 6.54 Å². The predicted octanol–water partition coefficient (Wildman–Crippen LogP) is 3.25. The third-order valence-corrected chi connectivity index (χ3v) is 4.02. The van der Waals surface area contributed by atoms with Crippen LogP contribution in [0.1, 0.15) is 32.1 Å². The van der Waals surface area contributed by atoms with Crippen LogP contribution in [0.15, 0.2) is 12.3 Å². The van der Waals surface area contributed by atoms with Crippen molar-refractivity contribution in [1.29, 1.82) is 0 Å². The number of hydrogen-bond acceptors (Lipinski definition) is 3. The lowest BCUT2D eigenvalue weighted by molar-refractivity contribution is 0.463. The first-order chi connectivity index (χ1) is 8.74. The molecule has 0 atom stereocenters. The Balaban J connectivity index is 1.84. The van der Waals surface area contributed by atoms with Crippen molar-refractivity contribution >= 4 is 28.7 Å². The van der Waals surface area contributed by atoms with Gasteiger partial charge in [0, 0.05) is 12.7 Å². The maximum Gasteiger partial charge on any atom is 0.202 e. The summed E-state index contributed by atoms with van der Waals surface area (Å²) in [5.74, 6) is 1.38. The summed E-state index contributed by atoms with van der Waals surface area (Å²) in [6.07, 6.45) is 8.27. The highest BCUT2D eigenvalue weighted by Crippen LogP contribution is 2.29. The Bertz CT molecular complexity index is 557. The number of anilines is 1. The second kappa shape index (κ2) is 4.76. The number of nitrogens with zero attached hydrogens (tertiary/aromatic N) is 3. The fraction of sp³-hybridized carbons (Fsp3) is 0.538. The van der Waals surface area contributed by atoms with Gasteiger partial charge in [-0.25, -0.2) is 9.97 Å². The maximum absolute atomic E-state index is 5.96. The summed E-state index contributed by atoms with van der Waals surface area (Å²) < 4.78 is 2.00. The molecular formula is C13H17ClN4. The molecule has 2 aromatic rings. The number of nitrogens with two attached hydrogens (primary N) is 1. The molecule has 0 unspecified atom stereocenters. The third kappa shape index (κ3) is 2.17. The molecule has 1 aliphatic carbocycles. The molecule has 5 heteroatoms. The topological polar surface area (TPSA) is 56.7 Å². The lowest BCUT2D eigenvalue weighted by Crippen LogP contribution is -2.07. The van der Waals surface area contributed by atoms with Crippen LogP contribution in [0.2, 0.25) is 5.02 Å². The standard InChI is InChI=1S/C13H17ClN4/c14-10-7-11-12(16-8-10)18(13(15)17-11)6-5-9-3-1-2-4-9/h7-9H,1-6H2,(H2,15,17). The Morgan fingerprint density at radius 2 is 2.17 bits per heavy atom. The lowest BCUT2D eigenvalue weighted by Gasteiger charge is -2.10. The van der Waals surface area contributed by atoms with Crippen molar-refractivity contribution in [3.8, 4) is 0 Å². The van der Waals surface area contributed by atoms with E-state index in [0.717, 1.165) is 23.6 Å². The molecule has 2 N–H and O–H groups in total. The van der Waals surface area contributed by atoms with Crippen LogP contribution in [0.3, 0.4) is 0 Å². The highest BCUT2D eigenvalue weighted by molar-refractivity contribution is 6.31. The molecule has 4 nitrogen and oxygen atoms in total. The molecular weight excluding hydrogens is 248 g/mol. The van der Waals surface area contributed by atoms with E-state index < -0.39 is 0 Å². The molecule has 0 radical (unpaired) electrons. The fourth-order valence-electron chi connectivity index (χ4n) is 2.84. The van der Waals surface area contributed by atoms with Gasteiger partial charge >= 0.3 is 0 Å². The quantitative estimate of drug-likeness (QED) is 0.926. The van der Waals surface area contributed by atoms with E-state index in [1.165, 1.54) is 32.1 Å². The normalized spacial score (nSPS) is 16.7. The number of nitrogen functional groups attached to an aromatic ring is 1. The van der Waals surface area contributed by atoms with Crippen LogP contribution in [0.4, 0.5) is 5.95 Å². The van der Waals surface area contributed by atoms with Gasteiger partial charge in [-0.1, -0.05) is 37.3 Å². The summed E-state index contributed by atoms with van der Waals surface area (Å²) in [5, 5.41) is 0.600. The average molecular weight is 265 g/mol. The van der Waals surface area contributed by atoms with Gasteiger partial charge in [-0.05, 0) is 18.4 Å². The zero-order chi connectivity index (χ0) is 12.5. The number of halogens is 1. The van der Waals surface area contributed by atoms with Crippen molar-refractivity contribution in [2.45, 2.75) is 38.6 Å². The smallest absolute Gasteiger partial charge is 0.202 e. The molecule has 0 saturated heterocycles. The van der Waals surface area contributed by atoms with Gasteiger partial charge in [0.25, 0.3) is 0 Å². The minimum Gasteiger partial charge on any atom is -0.369 e. The van der Waals surface area contributed by atoms with Gasteiger partial charge in [-0.3, -0.25) is 4.57 Å². The van der Waals surface area contributed by atoms with Crippen molar-refractivity contribution in [2.24, 2.45) is 5.92 Å². The highest BCUT2D eigenvalue weighted by atomic mass is 35.5. The summed E-state index contributed by atoms with van der Waals surface area (Å²) in [6.45, 7) is 0.904. The van der Waals surface area contributed by atoms with Gasteiger partial charge < -0.3 is 5.73 Å². The van der Waals surface area contributed by atoms with Crippen LogP contribution in [0.5, 0.6) is 0 Å². The van der Waals surface area contributed by atoms with E-state index in [1.54, 1.807) is 6.20 Å². The second-order valence-electron chi connectivity index (χ2n) is 5.06. The molecule has 2 aromatic heterocycles. The second-order valence-corrected chi connectivity index (χ2v) is 5.49. The summed E-state index contributed by atoms with van der Waals surface area (Å²) in [6, 6.07) is 1.81. The van der Waals surface area contributed by atoms with Crippen molar-refractivity contribution in [1.82, 2.24) is 14.5 Å². The highest BCUT2D eigenvalue weighted by Gasteiger charge is 2.16. The molecule has 0 aliphatic heterocycles. The van der Waals surface area contributed by atoms with E-state index in [1.807, 2.05) is 10.6 Å². The Labute approximate surface area is 111 Å². The monoisotopic (exact) mass is 264 g/mol. The van der Waals surface area contributed by atoms with E-state index in [2.05, 4.69) is 9.97 Å². The Morgan fingerprint density at radius 3 is 2.94 bits per heavy atom. The van der Waals surface area contributed by atoms with Crippen LogP contribution in [0.25, 0.3) is 11.2 Å². The van der Waals surface area contributed by atoms with Gasteiger partial charge in [-0.15, -0.1) is 0 Å². The van der Waals surface area contributed by atoms with Gasteiger partial charge in [-0.2, -0.15) is 0 Å². The average Bonchev–Trinajstić information content (AvgIpc) is 2.93. The first-order valence-electron chi connectivity index (χ1n) is 6.51. The summed E-state index contributed by atoms with van der Waals surface area (Å²) in [5.41, 5.74) is 7.58. The van der Waals surface area contributed by atoms with E-state index in [4.69, 9.17) is 17.3 Å². The number of pyridine rings is 1. The number of fused-ring (bicyclic) bond motifs is 1. The first-order valence-corrected chi connectivity index (χ1v) is 6.89. The van der Waals surface area contributed by atoms with Crippen LogP contribution < -0.4 is 5.73 Å². The van der Waals surface area contributed by atoms with Gasteiger partial charge in [0.2, 0.25) is 5.95 Å². The van der Waals surface area contributed by atoms with E-state index in [0.29, 0.717) is 11.0 Å². The largest absolute Gasteiger partial charge is 0.369 e. The number of rotatable bonds is 3. The molecule has 1 fully saturated rings. The molecule has 0 spiro atoms. The van der Waals surface area contributed by atoms with Crippen molar-refractivity contribution in [2.75, 3.05) is 5.73 Å². The van der Waals surface area contributed by atoms with E-state index in [9.17, 15) is 0 Å². The van der Waals surface area contributed by atoms with Crippen molar-refractivity contribution in [3.05, 3.63) is 17.3 Å². The lowest BCUT2D eigenvalue weighted by atomic mass is 10.0. The number of aryl methyl sites for hydroxylation is 1. The maximum atomic E-state index is 5.96. The third-order valence-electron chi connectivity index (χ3n) is 3.82. The molecule has 3 rings (SSSR count). The molecule has 96 valence electrons. The predicted molar refractivity (Wildman–Crippen MR) is 73.5 cm³/mol. The zero-order valence-corrected chi connectivity index (χ0v) is 11.0. The number of aromatic nitrogens is 3.